The standard InChI is InChI=1S/C21H21N5O/c1-14(2)27-19-9-7-17(8-10-19)25-21-23-15(3)11-20(26-21)24-18-6-4-5-16(12-18)13-22/h4-12,14H,1-3H3,(H2,23,24,25,26). The van der Waals surface area contributed by atoms with Crippen molar-refractivity contribution in [3.63, 3.8) is 0 Å². The van der Waals surface area contributed by atoms with Crippen LogP contribution in [-0.2, 0) is 0 Å². The van der Waals surface area contributed by atoms with E-state index in [1.54, 1.807) is 12.1 Å². The second-order valence-corrected chi connectivity index (χ2v) is 6.35. The van der Waals surface area contributed by atoms with Crippen LogP contribution in [0.3, 0.4) is 0 Å². The minimum atomic E-state index is 0.136. The van der Waals surface area contributed by atoms with Gasteiger partial charge in [0.1, 0.15) is 11.6 Å². The van der Waals surface area contributed by atoms with E-state index < -0.39 is 0 Å². The van der Waals surface area contributed by atoms with Crippen LogP contribution in [0, 0.1) is 18.3 Å². The highest BCUT2D eigenvalue weighted by Crippen LogP contribution is 2.22. The number of aromatic nitrogens is 2. The first-order valence-electron chi connectivity index (χ1n) is 8.68. The normalized spacial score (nSPS) is 10.3. The molecule has 1 aromatic heterocycles. The monoisotopic (exact) mass is 359 g/mol. The maximum absolute atomic E-state index is 9.03. The first kappa shape index (κ1) is 18.2. The summed E-state index contributed by atoms with van der Waals surface area (Å²) in [4.78, 5) is 8.93. The van der Waals surface area contributed by atoms with E-state index in [1.807, 2.05) is 63.2 Å². The molecule has 2 aromatic carbocycles. The van der Waals surface area contributed by atoms with Gasteiger partial charge in [0.25, 0.3) is 0 Å². The molecule has 0 aliphatic heterocycles. The van der Waals surface area contributed by atoms with Crippen molar-refractivity contribution < 1.29 is 4.74 Å². The van der Waals surface area contributed by atoms with Gasteiger partial charge in [-0.1, -0.05) is 6.07 Å². The van der Waals surface area contributed by atoms with Crippen LogP contribution in [0.25, 0.3) is 0 Å². The second-order valence-electron chi connectivity index (χ2n) is 6.35. The molecule has 6 nitrogen and oxygen atoms in total. The molecule has 0 spiro atoms. The van der Waals surface area contributed by atoms with Crippen molar-refractivity contribution in [1.82, 2.24) is 9.97 Å². The molecule has 0 saturated heterocycles. The lowest BCUT2D eigenvalue weighted by atomic mass is 10.2. The Morgan fingerprint density at radius 3 is 2.44 bits per heavy atom. The van der Waals surface area contributed by atoms with Gasteiger partial charge in [0.05, 0.1) is 17.7 Å². The van der Waals surface area contributed by atoms with Gasteiger partial charge in [0, 0.05) is 23.1 Å². The highest BCUT2D eigenvalue weighted by atomic mass is 16.5. The summed E-state index contributed by atoms with van der Waals surface area (Å²) in [7, 11) is 0. The van der Waals surface area contributed by atoms with Crippen molar-refractivity contribution >= 4 is 23.1 Å². The zero-order chi connectivity index (χ0) is 19.2. The predicted molar refractivity (Wildman–Crippen MR) is 107 cm³/mol. The fourth-order valence-corrected chi connectivity index (χ4v) is 2.52. The molecular formula is C21H21N5O. The van der Waals surface area contributed by atoms with Crippen LogP contribution in [0.4, 0.5) is 23.1 Å². The Balaban J connectivity index is 1.76. The third-order valence-corrected chi connectivity index (χ3v) is 3.60. The van der Waals surface area contributed by atoms with Crippen molar-refractivity contribution in [2.75, 3.05) is 10.6 Å². The average Bonchev–Trinajstić information content (AvgIpc) is 2.62. The lowest BCUT2D eigenvalue weighted by Gasteiger charge is -2.12. The number of hydrogen-bond acceptors (Lipinski definition) is 6. The van der Waals surface area contributed by atoms with Gasteiger partial charge in [-0.15, -0.1) is 0 Å². The van der Waals surface area contributed by atoms with Crippen molar-refractivity contribution in [3.05, 3.63) is 65.9 Å². The topological polar surface area (TPSA) is 82.9 Å². The van der Waals surface area contributed by atoms with Crippen LogP contribution in [0.2, 0.25) is 0 Å². The third kappa shape index (κ3) is 5.19. The van der Waals surface area contributed by atoms with Crippen LogP contribution >= 0.6 is 0 Å². The van der Waals surface area contributed by atoms with Crippen LogP contribution in [0.1, 0.15) is 25.1 Å². The number of nitriles is 1. The van der Waals surface area contributed by atoms with Gasteiger partial charge in [-0.25, -0.2) is 4.98 Å². The van der Waals surface area contributed by atoms with Crippen molar-refractivity contribution in [2.45, 2.75) is 26.9 Å². The van der Waals surface area contributed by atoms with Crippen molar-refractivity contribution in [2.24, 2.45) is 0 Å². The Hall–Kier alpha value is -3.59. The SMILES string of the molecule is Cc1cc(Nc2cccc(C#N)c2)nc(Nc2ccc(OC(C)C)cc2)n1. The number of anilines is 4. The van der Waals surface area contributed by atoms with Crippen molar-refractivity contribution in [3.8, 4) is 11.8 Å². The summed E-state index contributed by atoms with van der Waals surface area (Å²) in [5.74, 6) is 1.96. The molecule has 0 unspecified atom stereocenters. The number of ether oxygens (including phenoxy) is 1. The summed E-state index contributed by atoms with van der Waals surface area (Å²) in [6.07, 6.45) is 0.136. The molecule has 0 atom stereocenters. The largest absolute Gasteiger partial charge is 0.491 e. The lowest BCUT2D eigenvalue weighted by molar-refractivity contribution is 0.242. The molecule has 3 rings (SSSR count). The molecule has 0 radical (unpaired) electrons. The Bertz CT molecular complexity index is 961. The second kappa shape index (κ2) is 8.19. The summed E-state index contributed by atoms with van der Waals surface area (Å²) in [6.45, 7) is 5.89. The van der Waals surface area contributed by atoms with Crippen LogP contribution < -0.4 is 15.4 Å². The summed E-state index contributed by atoms with van der Waals surface area (Å²) >= 11 is 0. The average molecular weight is 359 g/mol. The molecule has 0 amide bonds. The molecule has 136 valence electrons. The van der Waals surface area contributed by atoms with Gasteiger partial charge in [-0.05, 0) is 63.2 Å². The number of aryl methyl sites for hydroxylation is 1. The Kier molecular flexibility index (Phi) is 5.53. The van der Waals surface area contributed by atoms with E-state index in [-0.39, 0.29) is 6.10 Å². The van der Waals surface area contributed by atoms with Gasteiger partial charge in [-0.2, -0.15) is 10.2 Å². The van der Waals surface area contributed by atoms with Gasteiger partial charge >= 0.3 is 0 Å². The van der Waals surface area contributed by atoms with E-state index in [9.17, 15) is 0 Å². The Morgan fingerprint density at radius 2 is 1.74 bits per heavy atom. The Morgan fingerprint density at radius 1 is 0.963 bits per heavy atom. The quantitative estimate of drug-likeness (QED) is 0.649. The minimum absolute atomic E-state index is 0.136. The fraction of sp³-hybridized carbons (Fsp3) is 0.190. The van der Waals surface area contributed by atoms with E-state index in [0.29, 0.717) is 17.3 Å². The fourth-order valence-electron chi connectivity index (χ4n) is 2.52. The molecule has 0 aliphatic rings. The van der Waals surface area contributed by atoms with Gasteiger partial charge in [-0.3, -0.25) is 0 Å². The highest BCUT2D eigenvalue weighted by Gasteiger charge is 2.05. The maximum Gasteiger partial charge on any atom is 0.229 e. The van der Waals surface area contributed by atoms with E-state index in [0.717, 1.165) is 22.8 Å². The molecule has 0 aliphatic carbocycles. The van der Waals surface area contributed by atoms with Crippen LogP contribution in [0.5, 0.6) is 5.75 Å². The third-order valence-electron chi connectivity index (χ3n) is 3.60. The number of benzene rings is 2. The van der Waals surface area contributed by atoms with Crippen LogP contribution in [0.15, 0.2) is 54.6 Å². The van der Waals surface area contributed by atoms with Gasteiger partial charge in [0.2, 0.25) is 5.95 Å². The van der Waals surface area contributed by atoms with E-state index in [2.05, 4.69) is 26.7 Å². The molecule has 0 saturated carbocycles. The summed E-state index contributed by atoms with van der Waals surface area (Å²) in [5.41, 5.74) is 3.08. The zero-order valence-corrected chi connectivity index (χ0v) is 15.5. The van der Waals surface area contributed by atoms with Crippen molar-refractivity contribution in [1.29, 1.82) is 5.26 Å². The molecule has 0 fully saturated rings. The predicted octanol–water partition coefficient (Wildman–Crippen LogP) is 4.93. The first-order chi connectivity index (χ1) is 13.0. The van der Waals surface area contributed by atoms with E-state index in [4.69, 9.17) is 10.00 Å². The minimum Gasteiger partial charge on any atom is -0.491 e. The zero-order valence-electron chi connectivity index (χ0n) is 15.5. The molecule has 3 aromatic rings. The molecular weight excluding hydrogens is 338 g/mol. The molecule has 27 heavy (non-hydrogen) atoms. The van der Waals surface area contributed by atoms with E-state index in [1.165, 1.54) is 0 Å². The molecule has 6 heteroatoms. The molecule has 0 bridgehead atoms. The first-order valence-corrected chi connectivity index (χ1v) is 8.68. The van der Waals surface area contributed by atoms with Crippen LogP contribution in [-0.4, -0.2) is 16.1 Å². The number of nitrogens with one attached hydrogen (secondary N) is 2. The van der Waals surface area contributed by atoms with E-state index >= 15 is 0 Å². The summed E-state index contributed by atoms with van der Waals surface area (Å²) in [6, 6.07) is 18.9. The summed E-state index contributed by atoms with van der Waals surface area (Å²) < 4.78 is 5.65. The molecule has 2 N–H and O–H groups in total. The smallest absolute Gasteiger partial charge is 0.229 e. The number of hydrogen-bond donors (Lipinski definition) is 2. The summed E-state index contributed by atoms with van der Waals surface area (Å²) in [5, 5.41) is 15.4. The number of rotatable bonds is 6. The van der Waals surface area contributed by atoms with Gasteiger partial charge in [0.15, 0.2) is 0 Å². The number of nitrogens with zero attached hydrogens (tertiary/aromatic N) is 3. The lowest BCUT2D eigenvalue weighted by Crippen LogP contribution is -2.05. The molecule has 1 heterocycles. The maximum atomic E-state index is 9.03. The highest BCUT2D eigenvalue weighted by molar-refractivity contribution is 5.61. The Labute approximate surface area is 158 Å². The van der Waals surface area contributed by atoms with Gasteiger partial charge < -0.3 is 15.4 Å².